The zero-order valence-electron chi connectivity index (χ0n) is 17.2. The van der Waals surface area contributed by atoms with Crippen LogP contribution < -0.4 is 5.32 Å². The van der Waals surface area contributed by atoms with Gasteiger partial charge in [0.2, 0.25) is 0 Å². The number of rotatable bonds is 9. The second-order valence-electron chi connectivity index (χ2n) is 7.27. The van der Waals surface area contributed by atoms with E-state index in [4.69, 9.17) is 14.5 Å². The zero-order valence-corrected chi connectivity index (χ0v) is 17.2. The summed E-state index contributed by atoms with van der Waals surface area (Å²) in [5, 5.41) is 3.46. The number of nitrogens with zero attached hydrogens (tertiary/aromatic N) is 3. The average molecular weight is 369 g/mol. The molecule has 26 heavy (non-hydrogen) atoms. The number of likely N-dealkylation sites (N-methyl/N-ethyl adjacent to an activating group) is 1. The molecule has 6 heteroatoms. The van der Waals surface area contributed by atoms with E-state index < -0.39 is 0 Å². The summed E-state index contributed by atoms with van der Waals surface area (Å²) in [5.41, 5.74) is 0. The van der Waals surface area contributed by atoms with Gasteiger partial charge < -0.3 is 24.6 Å². The van der Waals surface area contributed by atoms with Gasteiger partial charge in [0.15, 0.2) is 5.96 Å². The van der Waals surface area contributed by atoms with Crippen molar-refractivity contribution < 1.29 is 9.47 Å². The molecule has 6 nitrogen and oxygen atoms in total. The molecular formula is C20H40N4O2. The van der Waals surface area contributed by atoms with Crippen LogP contribution in [0.25, 0.3) is 0 Å². The molecule has 0 radical (unpaired) electrons. The molecule has 2 heterocycles. The molecule has 1 atom stereocenters. The highest BCUT2D eigenvalue weighted by Gasteiger charge is 2.23. The summed E-state index contributed by atoms with van der Waals surface area (Å²) in [6.45, 7) is 15.3. The van der Waals surface area contributed by atoms with E-state index in [1.165, 1.54) is 12.8 Å². The van der Waals surface area contributed by atoms with E-state index in [0.29, 0.717) is 12.2 Å². The van der Waals surface area contributed by atoms with Gasteiger partial charge in [0.05, 0.1) is 25.4 Å². The van der Waals surface area contributed by atoms with Gasteiger partial charge in [0.1, 0.15) is 0 Å². The molecule has 0 saturated carbocycles. The lowest BCUT2D eigenvalue weighted by Crippen LogP contribution is -2.47. The van der Waals surface area contributed by atoms with Gasteiger partial charge in [0, 0.05) is 32.8 Å². The number of nitrogens with one attached hydrogen (secondary N) is 1. The normalized spacial score (nSPS) is 22.8. The average Bonchev–Trinajstić information content (AvgIpc) is 2.70. The SMILES string of the molecule is CCNC(=NCCN(CC)CC)N1CCC(OCC2CCCCO2)CC1. The summed E-state index contributed by atoms with van der Waals surface area (Å²) in [4.78, 5) is 9.65. The predicted molar refractivity (Wildman–Crippen MR) is 108 cm³/mol. The van der Waals surface area contributed by atoms with Gasteiger partial charge in [-0.3, -0.25) is 4.99 Å². The smallest absolute Gasteiger partial charge is 0.193 e. The monoisotopic (exact) mass is 368 g/mol. The Bertz CT molecular complexity index is 387. The van der Waals surface area contributed by atoms with Crippen LogP contribution in [0.15, 0.2) is 4.99 Å². The summed E-state index contributed by atoms with van der Waals surface area (Å²) < 4.78 is 11.9. The van der Waals surface area contributed by atoms with E-state index in [0.717, 1.165) is 84.2 Å². The zero-order chi connectivity index (χ0) is 18.6. The van der Waals surface area contributed by atoms with Gasteiger partial charge in [-0.25, -0.2) is 0 Å². The molecule has 0 aromatic carbocycles. The van der Waals surface area contributed by atoms with E-state index in [9.17, 15) is 0 Å². The summed E-state index contributed by atoms with van der Waals surface area (Å²) in [5.74, 6) is 1.06. The lowest BCUT2D eigenvalue weighted by Gasteiger charge is -2.35. The number of likely N-dealkylation sites (tertiary alicyclic amines) is 1. The van der Waals surface area contributed by atoms with Crippen molar-refractivity contribution in [3.63, 3.8) is 0 Å². The molecule has 1 unspecified atom stereocenters. The van der Waals surface area contributed by atoms with E-state index in [-0.39, 0.29) is 0 Å². The Balaban J connectivity index is 1.71. The van der Waals surface area contributed by atoms with Crippen molar-refractivity contribution in [2.45, 2.75) is 65.1 Å². The van der Waals surface area contributed by atoms with Crippen LogP contribution in [-0.4, -0.2) is 87.0 Å². The molecule has 2 rings (SSSR count). The summed E-state index contributed by atoms with van der Waals surface area (Å²) >= 11 is 0. The molecule has 0 aliphatic carbocycles. The van der Waals surface area contributed by atoms with Crippen molar-refractivity contribution in [2.24, 2.45) is 4.99 Å². The number of hydrogen-bond donors (Lipinski definition) is 1. The first-order chi connectivity index (χ1) is 12.8. The molecule has 152 valence electrons. The highest BCUT2D eigenvalue weighted by atomic mass is 16.5. The summed E-state index contributed by atoms with van der Waals surface area (Å²) in [6, 6.07) is 0. The number of hydrogen-bond acceptors (Lipinski definition) is 4. The minimum absolute atomic E-state index is 0.320. The molecule has 2 fully saturated rings. The standard InChI is InChI=1S/C20H40N4O2/c1-4-21-20(22-12-15-23(5-2)6-3)24-13-10-18(11-14-24)26-17-19-9-7-8-16-25-19/h18-19H,4-17H2,1-3H3,(H,21,22). The molecule has 0 aromatic rings. The molecule has 2 aliphatic rings. The van der Waals surface area contributed by atoms with Crippen LogP contribution in [0.5, 0.6) is 0 Å². The third kappa shape index (κ3) is 7.41. The molecular weight excluding hydrogens is 328 g/mol. The first-order valence-corrected chi connectivity index (χ1v) is 10.8. The minimum Gasteiger partial charge on any atom is -0.376 e. The van der Waals surface area contributed by atoms with Gasteiger partial charge in [-0.1, -0.05) is 13.8 Å². The van der Waals surface area contributed by atoms with Gasteiger partial charge >= 0.3 is 0 Å². The Morgan fingerprint density at radius 1 is 1.15 bits per heavy atom. The topological polar surface area (TPSA) is 49.3 Å². The fourth-order valence-corrected chi connectivity index (χ4v) is 3.68. The fraction of sp³-hybridized carbons (Fsp3) is 0.950. The number of piperidine rings is 1. The third-order valence-electron chi connectivity index (χ3n) is 5.44. The van der Waals surface area contributed by atoms with Crippen LogP contribution in [0.1, 0.15) is 52.9 Å². The summed E-state index contributed by atoms with van der Waals surface area (Å²) in [6.07, 6.45) is 6.48. The highest BCUT2D eigenvalue weighted by molar-refractivity contribution is 5.80. The van der Waals surface area contributed by atoms with Crippen molar-refractivity contribution in [1.82, 2.24) is 15.1 Å². The molecule has 0 amide bonds. The predicted octanol–water partition coefficient (Wildman–Crippen LogP) is 2.34. The molecule has 0 aromatic heterocycles. The maximum Gasteiger partial charge on any atom is 0.193 e. The largest absolute Gasteiger partial charge is 0.376 e. The van der Waals surface area contributed by atoms with E-state index in [2.05, 4.69) is 35.9 Å². The summed E-state index contributed by atoms with van der Waals surface area (Å²) in [7, 11) is 0. The first kappa shape index (κ1) is 21.5. The molecule has 2 aliphatic heterocycles. The Kier molecular flexibility index (Phi) is 10.3. The van der Waals surface area contributed by atoms with Crippen molar-refractivity contribution in [3.05, 3.63) is 0 Å². The van der Waals surface area contributed by atoms with Crippen LogP contribution in [0.3, 0.4) is 0 Å². The first-order valence-electron chi connectivity index (χ1n) is 10.8. The third-order valence-corrected chi connectivity index (χ3v) is 5.44. The molecule has 1 N–H and O–H groups in total. The minimum atomic E-state index is 0.320. The maximum absolute atomic E-state index is 6.13. The number of ether oxygens (including phenoxy) is 2. The second-order valence-corrected chi connectivity index (χ2v) is 7.27. The van der Waals surface area contributed by atoms with Crippen LogP contribution in [0.2, 0.25) is 0 Å². The Morgan fingerprint density at radius 2 is 1.92 bits per heavy atom. The van der Waals surface area contributed by atoms with Crippen LogP contribution in [0, 0.1) is 0 Å². The van der Waals surface area contributed by atoms with Gasteiger partial charge in [0.25, 0.3) is 0 Å². The Labute approximate surface area is 160 Å². The highest BCUT2D eigenvalue weighted by Crippen LogP contribution is 2.18. The van der Waals surface area contributed by atoms with Crippen molar-refractivity contribution in [1.29, 1.82) is 0 Å². The number of aliphatic imine (C=N–C) groups is 1. The van der Waals surface area contributed by atoms with E-state index in [1.54, 1.807) is 0 Å². The Hall–Kier alpha value is -0.850. The van der Waals surface area contributed by atoms with Gasteiger partial charge in [-0.2, -0.15) is 0 Å². The van der Waals surface area contributed by atoms with Gasteiger partial charge in [-0.15, -0.1) is 0 Å². The quantitative estimate of drug-likeness (QED) is 0.500. The van der Waals surface area contributed by atoms with E-state index >= 15 is 0 Å². The second kappa shape index (κ2) is 12.5. The molecule has 0 bridgehead atoms. The lowest BCUT2D eigenvalue weighted by molar-refractivity contribution is -0.0721. The van der Waals surface area contributed by atoms with Gasteiger partial charge in [-0.05, 0) is 52.1 Å². The lowest BCUT2D eigenvalue weighted by atomic mass is 10.1. The van der Waals surface area contributed by atoms with E-state index in [1.807, 2.05) is 0 Å². The van der Waals surface area contributed by atoms with Crippen molar-refractivity contribution >= 4 is 5.96 Å². The van der Waals surface area contributed by atoms with Crippen LogP contribution >= 0.6 is 0 Å². The Morgan fingerprint density at radius 3 is 2.54 bits per heavy atom. The van der Waals surface area contributed by atoms with Crippen molar-refractivity contribution in [2.75, 3.05) is 59.0 Å². The number of guanidine groups is 1. The van der Waals surface area contributed by atoms with Crippen molar-refractivity contribution in [3.8, 4) is 0 Å². The molecule has 2 saturated heterocycles. The maximum atomic E-state index is 6.13. The van der Waals surface area contributed by atoms with Crippen LogP contribution in [-0.2, 0) is 9.47 Å². The fourth-order valence-electron chi connectivity index (χ4n) is 3.68. The molecule has 0 spiro atoms. The van der Waals surface area contributed by atoms with Crippen LogP contribution in [0.4, 0.5) is 0 Å².